The first-order valence-corrected chi connectivity index (χ1v) is 8.13. The summed E-state index contributed by atoms with van der Waals surface area (Å²) in [6.45, 7) is 2.21. The number of thiophene rings is 1. The zero-order chi connectivity index (χ0) is 15.4. The quantitative estimate of drug-likeness (QED) is 0.866. The third kappa shape index (κ3) is 3.94. The highest BCUT2D eigenvalue weighted by atomic mass is 32.1. The summed E-state index contributed by atoms with van der Waals surface area (Å²) >= 11 is 1.39. The molecule has 1 N–H and O–H groups in total. The van der Waals surface area contributed by atoms with Crippen molar-refractivity contribution in [3.05, 3.63) is 28.0 Å². The Hall–Kier alpha value is -1.62. The van der Waals surface area contributed by atoms with Crippen LogP contribution in [-0.4, -0.2) is 35.0 Å². The number of carboxylic acid groups (broad SMARTS) is 1. The summed E-state index contributed by atoms with van der Waals surface area (Å²) in [5.74, 6) is -0.415. The first-order chi connectivity index (χ1) is 9.99. The molecule has 1 heterocycles. The van der Waals surface area contributed by atoms with Crippen molar-refractivity contribution in [2.24, 2.45) is 5.92 Å². The monoisotopic (exact) mass is 307 g/mol. The SMILES string of the molecule is CC1CCCCC1N(C)C(=O)c1csc(C=CC(=O)O)c1. The van der Waals surface area contributed by atoms with Gasteiger partial charge in [0.2, 0.25) is 0 Å². The number of carbonyl (C=O) groups is 2. The topological polar surface area (TPSA) is 57.6 Å². The molecule has 2 atom stereocenters. The highest BCUT2D eigenvalue weighted by Gasteiger charge is 2.28. The maximum atomic E-state index is 12.5. The number of amides is 1. The summed E-state index contributed by atoms with van der Waals surface area (Å²) in [6, 6.07) is 2.07. The highest BCUT2D eigenvalue weighted by Crippen LogP contribution is 2.29. The predicted octanol–water partition coefficient (Wildman–Crippen LogP) is 3.50. The number of hydrogen-bond donors (Lipinski definition) is 1. The van der Waals surface area contributed by atoms with Crippen LogP contribution in [0.5, 0.6) is 0 Å². The van der Waals surface area contributed by atoms with Gasteiger partial charge in [0.1, 0.15) is 0 Å². The molecule has 0 aliphatic heterocycles. The zero-order valence-electron chi connectivity index (χ0n) is 12.4. The van der Waals surface area contributed by atoms with E-state index in [1.165, 1.54) is 36.7 Å². The van der Waals surface area contributed by atoms with Crippen molar-refractivity contribution in [3.63, 3.8) is 0 Å². The minimum absolute atomic E-state index is 0.0278. The van der Waals surface area contributed by atoms with Gasteiger partial charge >= 0.3 is 5.97 Å². The van der Waals surface area contributed by atoms with Gasteiger partial charge in [-0.15, -0.1) is 11.3 Å². The fraction of sp³-hybridized carbons (Fsp3) is 0.500. The molecule has 1 saturated carbocycles. The normalized spacial score (nSPS) is 22.4. The lowest BCUT2D eigenvalue weighted by atomic mass is 9.85. The molecule has 0 radical (unpaired) electrons. The zero-order valence-corrected chi connectivity index (χ0v) is 13.2. The van der Waals surface area contributed by atoms with Crippen molar-refractivity contribution >= 4 is 29.3 Å². The molecular formula is C16H21NO3S. The van der Waals surface area contributed by atoms with Crippen molar-refractivity contribution in [2.45, 2.75) is 38.6 Å². The summed E-state index contributed by atoms with van der Waals surface area (Å²) in [5.41, 5.74) is 0.644. The molecule has 0 spiro atoms. The van der Waals surface area contributed by atoms with E-state index in [4.69, 9.17) is 5.11 Å². The van der Waals surface area contributed by atoms with Crippen molar-refractivity contribution < 1.29 is 14.7 Å². The lowest BCUT2D eigenvalue weighted by Crippen LogP contribution is -2.42. The van der Waals surface area contributed by atoms with Crippen LogP contribution in [-0.2, 0) is 4.79 Å². The second kappa shape index (κ2) is 6.89. The van der Waals surface area contributed by atoms with Crippen LogP contribution in [0.3, 0.4) is 0 Å². The Balaban J connectivity index is 2.07. The lowest BCUT2D eigenvalue weighted by Gasteiger charge is -2.36. The molecule has 1 aromatic rings. The van der Waals surface area contributed by atoms with E-state index >= 15 is 0 Å². The molecule has 2 unspecified atom stereocenters. The molecule has 0 saturated heterocycles. The molecule has 1 fully saturated rings. The van der Waals surface area contributed by atoms with Gasteiger partial charge in [-0.2, -0.15) is 0 Å². The van der Waals surface area contributed by atoms with Crippen LogP contribution in [0.25, 0.3) is 6.08 Å². The van der Waals surface area contributed by atoms with Crippen LogP contribution < -0.4 is 0 Å². The van der Waals surface area contributed by atoms with Crippen molar-refractivity contribution in [2.75, 3.05) is 7.05 Å². The number of aliphatic carboxylic acids is 1. The van der Waals surface area contributed by atoms with E-state index in [9.17, 15) is 9.59 Å². The van der Waals surface area contributed by atoms with Crippen molar-refractivity contribution in [1.29, 1.82) is 0 Å². The molecule has 4 nitrogen and oxygen atoms in total. The largest absolute Gasteiger partial charge is 0.478 e. The second-order valence-electron chi connectivity index (χ2n) is 5.65. The average Bonchev–Trinajstić information content (AvgIpc) is 2.93. The van der Waals surface area contributed by atoms with Crippen LogP contribution in [0, 0.1) is 5.92 Å². The van der Waals surface area contributed by atoms with Gasteiger partial charge in [0, 0.05) is 29.4 Å². The molecule has 0 aromatic carbocycles. The number of hydrogen-bond acceptors (Lipinski definition) is 3. The Labute approximate surface area is 129 Å². The number of carbonyl (C=O) groups excluding carboxylic acids is 1. The molecule has 1 aromatic heterocycles. The first kappa shape index (κ1) is 15.8. The number of carboxylic acids is 1. The third-order valence-corrected chi connectivity index (χ3v) is 5.04. The van der Waals surface area contributed by atoms with Crippen LogP contribution in [0.15, 0.2) is 17.5 Å². The Morgan fingerprint density at radius 1 is 1.38 bits per heavy atom. The fourth-order valence-corrected chi connectivity index (χ4v) is 3.71. The Morgan fingerprint density at radius 3 is 2.76 bits per heavy atom. The standard InChI is InChI=1S/C16H21NO3S/c1-11-5-3-4-6-14(11)17(2)16(20)12-9-13(21-10-12)7-8-15(18)19/h7-11,14H,3-6H2,1-2H3,(H,18,19). The van der Waals surface area contributed by atoms with Crippen LogP contribution in [0.1, 0.15) is 47.8 Å². The van der Waals surface area contributed by atoms with Crippen LogP contribution >= 0.6 is 11.3 Å². The number of nitrogens with zero attached hydrogens (tertiary/aromatic N) is 1. The maximum Gasteiger partial charge on any atom is 0.328 e. The molecular weight excluding hydrogens is 286 g/mol. The molecule has 21 heavy (non-hydrogen) atoms. The van der Waals surface area contributed by atoms with Gasteiger partial charge in [-0.05, 0) is 30.9 Å². The van der Waals surface area contributed by atoms with E-state index < -0.39 is 5.97 Å². The molecule has 1 aliphatic carbocycles. The van der Waals surface area contributed by atoms with E-state index in [0.717, 1.165) is 17.4 Å². The Bertz CT molecular complexity index is 549. The first-order valence-electron chi connectivity index (χ1n) is 7.25. The van der Waals surface area contributed by atoms with E-state index in [2.05, 4.69) is 6.92 Å². The molecule has 114 valence electrons. The smallest absolute Gasteiger partial charge is 0.328 e. The third-order valence-electron chi connectivity index (χ3n) is 4.14. The average molecular weight is 307 g/mol. The van der Waals surface area contributed by atoms with E-state index in [1.807, 2.05) is 11.9 Å². The molecule has 1 aliphatic rings. The predicted molar refractivity (Wildman–Crippen MR) is 84.5 cm³/mol. The number of rotatable bonds is 4. The van der Waals surface area contributed by atoms with Crippen molar-refractivity contribution in [1.82, 2.24) is 4.90 Å². The van der Waals surface area contributed by atoms with Crippen molar-refractivity contribution in [3.8, 4) is 0 Å². The van der Waals surface area contributed by atoms with Gasteiger partial charge < -0.3 is 10.0 Å². The summed E-state index contributed by atoms with van der Waals surface area (Å²) in [6.07, 6.45) is 7.29. The Kier molecular flexibility index (Phi) is 5.17. The molecule has 5 heteroatoms. The minimum Gasteiger partial charge on any atom is -0.478 e. The van der Waals surface area contributed by atoms with Crippen LogP contribution in [0.2, 0.25) is 0 Å². The molecule has 0 bridgehead atoms. The summed E-state index contributed by atoms with van der Waals surface area (Å²) in [5, 5.41) is 10.4. The van der Waals surface area contributed by atoms with E-state index in [0.29, 0.717) is 17.5 Å². The van der Waals surface area contributed by atoms with Gasteiger partial charge in [0.05, 0.1) is 5.56 Å². The highest BCUT2D eigenvalue weighted by molar-refractivity contribution is 7.11. The van der Waals surface area contributed by atoms with Gasteiger partial charge in [-0.1, -0.05) is 19.8 Å². The maximum absolute atomic E-state index is 12.5. The summed E-state index contributed by atoms with van der Waals surface area (Å²) < 4.78 is 0. The van der Waals surface area contributed by atoms with Gasteiger partial charge in [0.15, 0.2) is 0 Å². The molecule has 1 amide bonds. The fourth-order valence-electron chi connectivity index (χ4n) is 2.93. The van der Waals surface area contributed by atoms with Crippen LogP contribution in [0.4, 0.5) is 0 Å². The van der Waals surface area contributed by atoms with Gasteiger partial charge in [0.25, 0.3) is 5.91 Å². The minimum atomic E-state index is -0.982. The summed E-state index contributed by atoms with van der Waals surface area (Å²) in [4.78, 5) is 25.7. The van der Waals surface area contributed by atoms with Gasteiger partial charge in [-0.25, -0.2) is 4.79 Å². The van der Waals surface area contributed by atoms with E-state index in [1.54, 1.807) is 11.4 Å². The molecule has 2 rings (SSSR count). The van der Waals surface area contributed by atoms with E-state index in [-0.39, 0.29) is 5.91 Å². The Morgan fingerprint density at radius 2 is 2.10 bits per heavy atom. The lowest BCUT2D eigenvalue weighted by molar-refractivity contribution is -0.131. The second-order valence-corrected chi connectivity index (χ2v) is 6.60. The summed E-state index contributed by atoms with van der Waals surface area (Å²) in [7, 11) is 1.87. The van der Waals surface area contributed by atoms with Gasteiger partial charge in [-0.3, -0.25) is 4.79 Å².